The van der Waals surface area contributed by atoms with Crippen molar-refractivity contribution < 1.29 is 0 Å². The Labute approximate surface area is 135 Å². The van der Waals surface area contributed by atoms with Gasteiger partial charge in [-0.05, 0) is 63.6 Å². The third-order valence-corrected chi connectivity index (χ3v) is 4.07. The van der Waals surface area contributed by atoms with Crippen LogP contribution in [0.25, 0.3) is 0 Å². The summed E-state index contributed by atoms with van der Waals surface area (Å²) in [4.78, 5) is 2.45. The van der Waals surface area contributed by atoms with Gasteiger partial charge < -0.3 is 10.2 Å². The van der Waals surface area contributed by atoms with Gasteiger partial charge in [0.05, 0.1) is 0 Å². The van der Waals surface area contributed by atoms with Crippen LogP contribution in [0.15, 0.2) is 24.3 Å². The maximum Gasteiger partial charge on any atom is 0.0409 e. The van der Waals surface area contributed by atoms with Crippen molar-refractivity contribution in [3.8, 4) is 0 Å². The molecule has 0 saturated heterocycles. The van der Waals surface area contributed by atoms with Crippen LogP contribution in [0.3, 0.4) is 0 Å². The largest absolute Gasteiger partial charge is 0.310 e. The Kier molecular flexibility index (Phi) is 9.73. The van der Waals surface area contributed by atoms with Crippen molar-refractivity contribution in [3.63, 3.8) is 0 Å². The van der Waals surface area contributed by atoms with E-state index in [0.717, 1.165) is 31.0 Å². The molecule has 1 rings (SSSR count). The molecule has 120 valence electrons. The topological polar surface area (TPSA) is 15.3 Å². The van der Waals surface area contributed by atoms with Crippen molar-refractivity contribution in [3.05, 3.63) is 34.9 Å². The number of nitrogens with zero attached hydrogens (tertiary/aromatic N) is 1. The molecule has 3 heteroatoms. The van der Waals surface area contributed by atoms with Crippen molar-refractivity contribution in [1.82, 2.24) is 10.2 Å². The van der Waals surface area contributed by atoms with Gasteiger partial charge in [0.1, 0.15) is 0 Å². The van der Waals surface area contributed by atoms with Gasteiger partial charge in [-0.3, -0.25) is 0 Å². The molecule has 21 heavy (non-hydrogen) atoms. The van der Waals surface area contributed by atoms with E-state index < -0.39 is 0 Å². The number of nitrogens with one attached hydrogen (secondary N) is 1. The number of halogens is 1. The van der Waals surface area contributed by atoms with Crippen LogP contribution in [0.2, 0.25) is 5.02 Å². The normalized spacial score (nSPS) is 12.8. The third kappa shape index (κ3) is 7.85. The summed E-state index contributed by atoms with van der Waals surface area (Å²) in [5.74, 6) is 0. The van der Waals surface area contributed by atoms with E-state index in [9.17, 15) is 0 Å². The molecule has 0 radical (unpaired) electrons. The Morgan fingerprint density at radius 1 is 1.14 bits per heavy atom. The lowest BCUT2D eigenvalue weighted by Crippen LogP contribution is -2.28. The molecule has 1 atom stereocenters. The molecule has 1 aromatic carbocycles. The van der Waals surface area contributed by atoms with Crippen molar-refractivity contribution in [1.29, 1.82) is 0 Å². The second kappa shape index (κ2) is 11.1. The predicted octanol–water partition coefficient (Wildman–Crippen LogP) is 4.89. The number of hydrogen-bond donors (Lipinski definition) is 1. The smallest absolute Gasteiger partial charge is 0.0409 e. The van der Waals surface area contributed by atoms with E-state index in [2.05, 4.69) is 43.2 Å². The zero-order chi connectivity index (χ0) is 15.5. The summed E-state index contributed by atoms with van der Waals surface area (Å²) >= 11 is 6.13. The highest BCUT2D eigenvalue weighted by molar-refractivity contribution is 6.30. The third-order valence-electron chi connectivity index (χ3n) is 3.83. The minimum Gasteiger partial charge on any atom is -0.310 e. The van der Waals surface area contributed by atoms with E-state index in [1.165, 1.54) is 31.4 Å². The summed E-state index contributed by atoms with van der Waals surface area (Å²) in [6.45, 7) is 7.83. The van der Waals surface area contributed by atoms with E-state index >= 15 is 0 Å². The fraction of sp³-hybridized carbons (Fsp3) is 0.667. The summed E-state index contributed by atoms with van der Waals surface area (Å²) in [6.07, 6.45) is 6.21. The summed E-state index contributed by atoms with van der Waals surface area (Å²) in [5, 5.41) is 4.48. The Morgan fingerprint density at radius 2 is 1.95 bits per heavy atom. The van der Waals surface area contributed by atoms with E-state index in [1.54, 1.807) is 0 Å². The molecule has 0 aliphatic heterocycles. The lowest BCUT2D eigenvalue weighted by molar-refractivity contribution is 0.301. The van der Waals surface area contributed by atoms with Crippen LogP contribution >= 0.6 is 11.6 Å². The molecule has 2 nitrogen and oxygen atoms in total. The standard InChI is InChI=1S/C18H31ClN2/c1-4-6-7-13-21(3)14-11-18(20-12-5-2)16-9-8-10-17(19)15-16/h8-10,15,18,20H,4-7,11-14H2,1-3H3. The zero-order valence-electron chi connectivity index (χ0n) is 13.9. The SMILES string of the molecule is CCCCCN(C)CCC(NCCC)c1cccc(Cl)c1. The van der Waals surface area contributed by atoms with Crippen LogP contribution in [0.1, 0.15) is 57.6 Å². The highest BCUT2D eigenvalue weighted by Crippen LogP contribution is 2.21. The van der Waals surface area contributed by atoms with Gasteiger partial charge in [-0.1, -0.05) is 50.4 Å². The van der Waals surface area contributed by atoms with Gasteiger partial charge in [0, 0.05) is 11.1 Å². The van der Waals surface area contributed by atoms with Crippen LogP contribution in [0, 0.1) is 0 Å². The Morgan fingerprint density at radius 3 is 2.62 bits per heavy atom. The predicted molar refractivity (Wildman–Crippen MR) is 94.1 cm³/mol. The summed E-state index contributed by atoms with van der Waals surface area (Å²) in [7, 11) is 2.23. The van der Waals surface area contributed by atoms with E-state index in [4.69, 9.17) is 11.6 Å². The Hall–Kier alpha value is -0.570. The van der Waals surface area contributed by atoms with Gasteiger partial charge in [0.25, 0.3) is 0 Å². The molecule has 0 bridgehead atoms. The molecule has 0 fully saturated rings. The first-order valence-electron chi connectivity index (χ1n) is 8.34. The summed E-state index contributed by atoms with van der Waals surface area (Å²) in [5.41, 5.74) is 1.30. The van der Waals surface area contributed by atoms with Crippen LogP contribution < -0.4 is 5.32 Å². The number of hydrogen-bond acceptors (Lipinski definition) is 2. The van der Waals surface area contributed by atoms with Gasteiger partial charge in [0.2, 0.25) is 0 Å². The summed E-state index contributed by atoms with van der Waals surface area (Å²) < 4.78 is 0. The molecule has 0 aliphatic rings. The lowest BCUT2D eigenvalue weighted by atomic mass is 10.0. The second-order valence-corrected chi connectivity index (χ2v) is 6.30. The number of unbranched alkanes of at least 4 members (excludes halogenated alkanes) is 2. The molecule has 0 amide bonds. The quantitative estimate of drug-likeness (QED) is 0.585. The fourth-order valence-corrected chi connectivity index (χ4v) is 2.72. The fourth-order valence-electron chi connectivity index (χ4n) is 2.52. The van der Waals surface area contributed by atoms with Crippen LogP contribution in [-0.2, 0) is 0 Å². The first kappa shape index (κ1) is 18.5. The molecule has 1 N–H and O–H groups in total. The highest BCUT2D eigenvalue weighted by Gasteiger charge is 2.12. The maximum atomic E-state index is 6.13. The lowest BCUT2D eigenvalue weighted by Gasteiger charge is -2.23. The molecule has 1 unspecified atom stereocenters. The minimum atomic E-state index is 0.400. The van der Waals surface area contributed by atoms with E-state index in [0.29, 0.717) is 6.04 Å². The maximum absolute atomic E-state index is 6.13. The van der Waals surface area contributed by atoms with Gasteiger partial charge in [0.15, 0.2) is 0 Å². The zero-order valence-corrected chi connectivity index (χ0v) is 14.6. The molecular formula is C18H31ClN2. The van der Waals surface area contributed by atoms with E-state index in [-0.39, 0.29) is 0 Å². The first-order valence-corrected chi connectivity index (χ1v) is 8.72. The van der Waals surface area contributed by atoms with Crippen molar-refractivity contribution in [2.24, 2.45) is 0 Å². The van der Waals surface area contributed by atoms with Crippen molar-refractivity contribution >= 4 is 11.6 Å². The molecule has 0 aliphatic carbocycles. The molecule has 0 spiro atoms. The van der Waals surface area contributed by atoms with Crippen molar-refractivity contribution in [2.45, 2.75) is 52.0 Å². The van der Waals surface area contributed by atoms with Gasteiger partial charge in [-0.25, -0.2) is 0 Å². The molecule has 0 saturated carbocycles. The van der Waals surface area contributed by atoms with Crippen molar-refractivity contribution in [2.75, 3.05) is 26.7 Å². The van der Waals surface area contributed by atoms with Gasteiger partial charge in [-0.15, -0.1) is 0 Å². The number of rotatable bonds is 11. The molecule has 0 heterocycles. The average Bonchev–Trinajstić information content (AvgIpc) is 2.47. The minimum absolute atomic E-state index is 0.400. The monoisotopic (exact) mass is 310 g/mol. The molecule has 0 aromatic heterocycles. The Balaban J connectivity index is 2.50. The second-order valence-electron chi connectivity index (χ2n) is 5.86. The van der Waals surface area contributed by atoms with Crippen LogP contribution in [-0.4, -0.2) is 31.6 Å². The Bertz CT molecular complexity index is 381. The van der Waals surface area contributed by atoms with Gasteiger partial charge in [-0.2, -0.15) is 0 Å². The molecule has 1 aromatic rings. The van der Waals surface area contributed by atoms with Crippen LogP contribution in [0.4, 0.5) is 0 Å². The average molecular weight is 311 g/mol. The summed E-state index contributed by atoms with van der Waals surface area (Å²) in [6, 6.07) is 8.65. The molecular weight excluding hydrogens is 280 g/mol. The highest BCUT2D eigenvalue weighted by atomic mass is 35.5. The van der Waals surface area contributed by atoms with E-state index in [1.807, 2.05) is 12.1 Å². The number of benzene rings is 1. The first-order chi connectivity index (χ1) is 10.2. The van der Waals surface area contributed by atoms with Gasteiger partial charge >= 0.3 is 0 Å². The van der Waals surface area contributed by atoms with Crippen LogP contribution in [0.5, 0.6) is 0 Å².